The van der Waals surface area contributed by atoms with Gasteiger partial charge in [0.1, 0.15) is 23.4 Å². The number of anilines is 1. The van der Waals surface area contributed by atoms with E-state index in [2.05, 4.69) is 39.8 Å². The van der Waals surface area contributed by atoms with Crippen LogP contribution in [-0.2, 0) is 14.8 Å². The Bertz CT molecular complexity index is 1450. The Labute approximate surface area is 218 Å². The van der Waals surface area contributed by atoms with E-state index in [9.17, 15) is 8.42 Å². The molecule has 3 atom stereocenters. The number of nitrogens with one attached hydrogen (secondary N) is 1. The van der Waals surface area contributed by atoms with Crippen molar-refractivity contribution in [1.82, 2.24) is 39.7 Å². The van der Waals surface area contributed by atoms with Gasteiger partial charge in [-0.15, -0.1) is 10.2 Å². The zero-order valence-electron chi connectivity index (χ0n) is 20.3. The molecule has 0 bridgehead atoms. The van der Waals surface area contributed by atoms with Gasteiger partial charge < -0.3 is 9.47 Å². The molecule has 0 amide bonds. The highest BCUT2D eigenvalue weighted by atomic mass is 35.5. The number of hydrogen-bond acceptors (Lipinski definition) is 11. The Morgan fingerprint density at radius 3 is 2.38 bits per heavy atom. The van der Waals surface area contributed by atoms with E-state index < -0.39 is 27.4 Å². The van der Waals surface area contributed by atoms with Crippen LogP contribution in [0.2, 0.25) is 5.02 Å². The smallest absolute Gasteiger partial charge is 0.240 e. The van der Waals surface area contributed by atoms with E-state index in [1.165, 1.54) is 39.9 Å². The van der Waals surface area contributed by atoms with Crippen LogP contribution >= 0.6 is 11.6 Å². The summed E-state index contributed by atoms with van der Waals surface area (Å²) in [4.78, 5) is 20.8. The molecule has 0 radical (unpaired) electrons. The molecule has 0 aliphatic heterocycles. The van der Waals surface area contributed by atoms with E-state index in [1.807, 2.05) is 6.92 Å². The Morgan fingerprint density at radius 2 is 1.73 bits per heavy atom. The molecular formula is C22H24ClN9O4S. The lowest BCUT2D eigenvalue weighted by molar-refractivity contribution is 0.0950. The molecule has 0 saturated carbocycles. The predicted octanol–water partition coefficient (Wildman–Crippen LogP) is 2.71. The van der Waals surface area contributed by atoms with Crippen LogP contribution in [0.25, 0.3) is 11.5 Å². The summed E-state index contributed by atoms with van der Waals surface area (Å²) >= 11 is 5.87. The number of sulfonamides is 1. The molecule has 0 aliphatic carbocycles. The zero-order chi connectivity index (χ0) is 26.6. The van der Waals surface area contributed by atoms with E-state index in [1.54, 1.807) is 35.2 Å². The van der Waals surface area contributed by atoms with Crippen LogP contribution in [0.3, 0.4) is 0 Å². The van der Waals surface area contributed by atoms with Gasteiger partial charge in [-0.25, -0.2) is 33.3 Å². The van der Waals surface area contributed by atoms with Gasteiger partial charge >= 0.3 is 0 Å². The average Bonchev–Trinajstić information content (AvgIpc) is 3.32. The fraction of sp³-hybridized carbons (Fsp3) is 0.318. The molecule has 0 saturated heterocycles. The number of nitrogens with zero attached hydrogens (tertiary/aromatic N) is 8. The summed E-state index contributed by atoms with van der Waals surface area (Å²) < 4.78 is 41.8. The molecule has 4 rings (SSSR count). The van der Waals surface area contributed by atoms with Gasteiger partial charge in [-0.1, -0.05) is 17.7 Å². The van der Waals surface area contributed by atoms with Gasteiger partial charge in [0.2, 0.25) is 21.9 Å². The maximum Gasteiger partial charge on any atom is 0.240 e. The van der Waals surface area contributed by atoms with Crippen molar-refractivity contribution >= 4 is 27.6 Å². The maximum atomic E-state index is 13.5. The van der Waals surface area contributed by atoms with Crippen molar-refractivity contribution in [2.24, 2.45) is 0 Å². The topological polar surface area (TPSA) is 160 Å². The van der Waals surface area contributed by atoms with Crippen LogP contribution in [0.5, 0.6) is 5.88 Å². The fourth-order valence-corrected chi connectivity index (χ4v) is 4.83. The van der Waals surface area contributed by atoms with Gasteiger partial charge in [-0.3, -0.25) is 9.29 Å². The molecule has 0 spiro atoms. The first-order valence-electron chi connectivity index (χ1n) is 11.0. The SMILES string of the molecule is COc1cccc(-c2nnc(NS(=O)(=O)C(C)C(OC)c3ncc(Cl)cn3)n2C(C)c2cncnc2)n1. The highest BCUT2D eigenvalue weighted by Gasteiger charge is 2.35. The van der Waals surface area contributed by atoms with Crippen molar-refractivity contribution < 1.29 is 17.9 Å². The highest BCUT2D eigenvalue weighted by molar-refractivity contribution is 7.93. The normalized spacial score (nSPS) is 14.1. The zero-order valence-corrected chi connectivity index (χ0v) is 21.9. The van der Waals surface area contributed by atoms with Crippen LogP contribution in [0, 0.1) is 0 Å². The summed E-state index contributed by atoms with van der Waals surface area (Å²) in [5, 5.41) is 7.59. The summed E-state index contributed by atoms with van der Waals surface area (Å²) in [6, 6.07) is 4.69. The number of rotatable bonds is 10. The number of hydrogen-bond donors (Lipinski definition) is 1. The van der Waals surface area contributed by atoms with Crippen molar-refractivity contribution in [2.75, 3.05) is 18.9 Å². The van der Waals surface area contributed by atoms with E-state index in [-0.39, 0.29) is 11.8 Å². The average molecular weight is 546 g/mol. The van der Waals surface area contributed by atoms with Crippen LogP contribution < -0.4 is 9.46 Å². The lowest BCUT2D eigenvalue weighted by Gasteiger charge is -2.23. The summed E-state index contributed by atoms with van der Waals surface area (Å²) in [6.45, 7) is 3.32. The van der Waals surface area contributed by atoms with Crippen molar-refractivity contribution in [2.45, 2.75) is 31.2 Å². The van der Waals surface area contributed by atoms with Gasteiger partial charge in [0.15, 0.2) is 11.6 Å². The monoisotopic (exact) mass is 545 g/mol. The molecule has 15 heteroatoms. The Hall–Kier alpha value is -3.75. The Morgan fingerprint density at radius 1 is 1.03 bits per heavy atom. The maximum absolute atomic E-state index is 13.5. The minimum absolute atomic E-state index is 0.0327. The second-order valence-electron chi connectivity index (χ2n) is 7.90. The molecule has 4 heterocycles. The third-order valence-corrected chi connectivity index (χ3v) is 7.49. The quantitative estimate of drug-likeness (QED) is 0.312. The third kappa shape index (κ3) is 5.65. The molecule has 37 heavy (non-hydrogen) atoms. The number of aromatic nitrogens is 8. The highest BCUT2D eigenvalue weighted by Crippen LogP contribution is 2.30. The van der Waals surface area contributed by atoms with Gasteiger partial charge in [-0.05, 0) is 19.9 Å². The van der Waals surface area contributed by atoms with Crippen LogP contribution in [0.4, 0.5) is 5.95 Å². The van der Waals surface area contributed by atoms with Gasteiger partial charge in [-0.2, -0.15) is 0 Å². The lowest BCUT2D eigenvalue weighted by atomic mass is 10.1. The first kappa shape index (κ1) is 26.3. The largest absolute Gasteiger partial charge is 0.481 e. The van der Waals surface area contributed by atoms with E-state index in [0.717, 1.165) is 0 Å². The molecule has 1 N–H and O–H groups in total. The number of methoxy groups -OCH3 is 2. The summed E-state index contributed by atoms with van der Waals surface area (Å²) in [5.74, 6) is 0.811. The molecule has 4 aromatic heterocycles. The van der Waals surface area contributed by atoms with Crippen molar-refractivity contribution in [3.05, 3.63) is 65.7 Å². The van der Waals surface area contributed by atoms with E-state index in [4.69, 9.17) is 21.1 Å². The van der Waals surface area contributed by atoms with Crippen molar-refractivity contribution in [3.63, 3.8) is 0 Å². The van der Waals surface area contributed by atoms with Crippen LogP contribution in [0.1, 0.15) is 37.4 Å². The van der Waals surface area contributed by atoms with Crippen LogP contribution in [-0.4, -0.2) is 67.6 Å². The van der Waals surface area contributed by atoms with E-state index >= 15 is 0 Å². The first-order chi connectivity index (χ1) is 17.7. The second-order valence-corrected chi connectivity index (χ2v) is 10.4. The molecule has 0 aromatic carbocycles. The van der Waals surface area contributed by atoms with Crippen LogP contribution in [0.15, 0.2) is 49.3 Å². The molecule has 4 aromatic rings. The second kappa shape index (κ2) is 11.1. The first-order valence-corrected chi connectivity index (χ1v) is 12.9. The lowest BCUT2D eigenvalue weighted by Crippen LogP contribution is -2.33. The standard InChI is InChI=1S/C22H24ClN9O4S/c1-13(15-8-24-12-25-9-15)32-21(17-6-5-7-18(28-17)35-3)29-30-22(32)31-37(33,34)14(2)19(36-4)20-26-10-16(23)11-27-20/h5-14,19H,1-4H3,(H,30,31). The third-order valence-electron chi connectivity index (χ3n) is 5.61. The molecule has 0 aliphatic rings. The molecule has 3 unspecified atom stereocenters. The van der Waals surface area contributed by atoms with E-state index in [0.29, 0.717) is 28.0 Å². The minimum atomic E-state index is -4.09. The Balaban J connectivity index is 1.75. The number of ether oxygens (including phenoxy) is 2. The summed E-state index contributed by atoms with van der Waals surface area (Å²) in [7, 11) is -1.22. The predicted molar refractivity (Wildman–Crippen MR) is 134 cm³/mol. The molecule has 194 valence electrons. The van der Waals surface area contributed by atoms with Crippen molar-refractivity contribution in [3.8, 4) is 17.4 Å². The summed E-state index contributed by atoms with van der Waals surface area (Å²) in [5.41, 5.74) is 1.13. The van der Waals surface area contributed by atoms with Gasteiger partial charge in [0.25, 0.3) is 0 Å². The summed E-state index contributed by atoms with van der Waals surface area (Å²) in [6.07, 6.45) is 6.42. The fourth-order valence-electron chi connectivity index (χ4n) is 3.59. The number of halogens is 1. The van der Waals surface area contributed by atoms with Gasteiger partial charge in [0, 0.05) is 43.5 Å². The molecule has 13 nitrogen and oxygen atoms in total. The van der Waals surface area contributed by atoms with Gasteiger partial charge in [0.05, 0.1) is 18.2 Å². The molecule has 0 fully saturated rings. The minimum Gasteiger partial charge on any atom is -0.481 e. The number of pyridine rings is 1. The Kier molecular flexibility index (Phi) is 7.90. The molecular weight excluding hydrogens is 522 g/mol. The van der Waals surface area contributed by atoms with Crippen molar-refractivity contribution in [1.29, 1.82) is 0 Å².